The summed E-state index contributed by atoms with van der Waals surface area (Å²) in [6.45, 7) is 6.30. The van der Waals surface area contributed by atoms with Gasteiger partial charge < -0.3 is 5.32 Å². The van der Waals surface area contributed by atoms with Gasteiger partial charge in [-0.2, -0.15) is 0 Å². The topological polar surface area (TPSA) is 12.0 Å². The molecule has 0 radical (unpaired) electrons. The Kier molecular flexibility index (Phi) is 7.74. The molecular weight excluding hydrogens is 250 g/mol. The van der Waals surface area contributed by atoms with Gasteiger partial charge in [-0.05, 0) is 42.8 Å². The number of thioether (sulfide) groups is 1. The number of halogens is 1. The molecule has 0 aliphatic carbocycles. The maximum absolute atomic E-state index is 6.27. The van der Waals surface area contributed by atoms with Crippen LogP contribution in [0.25, 0.3) is 0 Å². The van der Waals surface area contributed by atoms with E-state index in [1.807, 2.05) is 11.8 Å². The molecule has 17 heavy (non-hydrogen) atoms. The standard InChI is InChI=1S/C14H22ClNS/c1-3-5-9-17-13-7-6-12(14(15)10-13)11-16-8-4-2/h6-7,10,16H,3-5,8-9,11H2,1-2H3. The molecular formula is C14H22ClNS. The first-order valence-electron chi connectivity index (χ1n) is 6.39. The highest BCUT2D eigenvalue weighted by Gasteiger charge is 2.02. The minimum Gasteiger partial charge on any atom is -0.313 e. The summed E-state index contributed by atoms with van der Waals surface area (Å²) in [5.74, 6) is 1.18. The Labute approximate surface area is 114 Å². The first kappa shape index (κ1) is 14.9. The Balaban J connectivity index is 2.47. The van der Waals surface area contributed by atoms with E-state index in [1.54, 1.807) is 0 Å². The van der Waals surface area contributed by atoms with E-state index >= 15 is 0 Å². The molecule has 96 valence electrons. The second-order valence-corrected chi connectivity index (χ2v) is 5.71. The van der Waals surface area contributed by atoms with Gasteiger partial charge in [0.2, 0.25) is 0 Å². The SMILES string of the molecule is CCCCSc1ccc(CNCCC)c(Cl)c1. The van der Waals surface area contributed by atoms with Crippen LogP contribution in [0.2, 0.25) is 5.02 Å². The smallest absolute Gasteiger partial charge is 0.0462 e. The van der Waals surface area contributed by atoms with Gasteiger partial charge in [0.25, 0.3) is 0 Å². The fourth-order valence-corrected chi connectivity index (χ4v) is 2.84. The summed E-state index contributed by atoms with van der Waals surface area (Å²) in [6.07, 6.45) is 3.67. The Hall–Kier alpha value is -0.180. The molecule has 0 bridgehead atoms. The van der Waals surface area contributed by atoms with Crippen LogP contribution in [0.5, 0.6) is 0 Å². The highest BCUT2D eigenvalue weighted by Crippen LogP contribution is 2.25. The monoisotopic (exact) mass is 271 g/mol. The van der Waals surface area contributed by atoms with E-state index < -0.39 is 0 Å². The van der Waals surface area contributed by atoms with Crippen LogP contribution in [-0.4, -0.2) is 12.3 Å². The van der Waals surface area contributed by atoms with Crippen LogP contribution < -0.4 is 5.32 Å². The van der Waals surface area contributed by atoms with E-state index in [0.29, 0.717) is 0 Å². The molecule has 0 aliphatic rings. The van der Waals surface area contributed by atoms with Crippen molar-refractivity contribution in [2.45, 2.75) is 44.6 Å². The molecule has 1 aromatic rings. The molecule has 3 heteroatoms. The molecule has 0 saturated heterocycles. The van der Waals surface area contributed by atoms with Crippen LogP contribution in [0, 0.1) is 0 Å². The lowest BCUT2D eigenvalue weighted by Gasteiger charge is -2.08. The van der Waals surface area contributed by atoms with Crippen molar-refractivity contribution in [3.63, 3.8) is 0 Å². The van der Waals surface area contributed by atoms with E-state index in [4.69, 9.17) is 11.6 Å². The lowest BCUT2D eigenvalue weighted by molar-refractivity contribution is 0.675. The zero-order chi connectivity index (χ0) is 12.5. The quantitative estimate of drug-likeness (QED) is 0.542. The molecule has 0 aromatic heterocycles. The number of hydrogen-bond donors (Lipinski definition) is 1. The number of nitrogens with one attached hydrogen (secondary N) is 1. The zero-order valence-electron chi connectivity index (χ0n) is 10.8. The molecule has 0 amide bonds. The largest absolute Gasteiger partial charge is 0.313 e. The number of unbranched alkanes of at least 4 members (excludes halogenated alkanes) is 1. The third kappa shape index (κ3) is 5.80. The van der Waals surface area contributed by atoms with Crippen LogP contribution in [0.1, 0.15) is 38.7 Å². The van der Waals surface area contributed by atoms with E-state index in [0.717, 1.165) is 24.5 Å². The van der Waals surface area contributed by atoms with E-state index in [2.05, 4.69) is 37.4 Å². The zero-order valence-corrected chi connectivity index (χ0v) is 12.3. The fourth-order valence-electron chi connectivity index (χ4n) is 1.50. The van der Waals surface area contributed by atoms with Gasteiger partial charge in [0, 0.05) is 16.5 Å². The van der Waals surface area contributed by atoms with Crippen LogP contribution in [0.3, 0.4) is 0 Å². The van der Waals surface area contributed by atoms with Gasteiger partial charge in [0.15, 0.2) is 0 Å². The Morgan fingerprint density at radius 2 is 2.06 bits per heavy atom. The van der Waals surface area contributed by atoms with Gasteiger partial charge in [-0.25, -0.2) is 0 Å². The van der Waals surface area contributed by atoms with E-state index in [-0.39, 0.29) is 0 Å². The lowest BCUT2D eigenvalue weighted by Crippen LogP contribution is -2.13. The molecule has 1 aromatic carbocycles. The first-order valence-corrected chi connectivity index (χ1v) is 7.76. The molecule has 0 spiro atoms. The minimum absolute atomic E-state index is 0.868. The fraction of sp³-hybridized carbons (Fsp3) is 0.571. The van der Waals surface area contributed by atoms with Gasteiger partial charge in [-0.1, -0.05) is 37.9 Å². The molecule has 0 fully saturated rings. The number of benzene rings is 1. The lowest BCUT2D eigenvalue weighted by atomic mass is 10.2. The molecule has 0 unspecified atom stereocenters. The number of rotatable bonds is 8. The predicted octanol–water partition coefficient (Wildman–Crippen LogP) is 4.73. The predicted molar refractivity (Wildman–Crippen MR) is 79.1 cm³/mol. The summed E-state index contributed by atoms with van der Waals surface area (Å²) >= 11 is 8.16. The van der Waals surface area contributed by atoms with Crippen LogP contribution >= 0.6 is 23.4 Å². The third-order valence-electron chi connectivity index (χ3n) is 2.53. The molecule has 0 atom stereocenters. The average molecular weight is 272 g/mol. The summed E-state index contributed by atoms with van der Waals surface area (Å²) in [5, 5.41) is 4.26. The highest BCUT2D eigenvalue weighted by atomic mass is 35.5. The summed E-state index contributed by atoms with van der Waals surface area (Å²) in [6, 6.07) is 6.40. The summed E-state index contributed by atoms with van der Waals surface area (Å²) in [5.41, 5.74) is 1.19. The van der Waals surface area contributed by atoms with Crippen molar-refractivity contribution in [1.82, 2.24) is 5.32 Å². The average Bonchev–Trinajstić information content (AvgIpc) is 2.32. The van der Waals surface area contributed by atoms with Gasteiger partial charge >= 0.3 is 0 Å². The highest BCUT2D eigenvalue weighted by molar-refractivity contribution is 7.99. The molecule has 1 nitrogen and oxygen atoms in total. The molecule has 0 saturated carbocycles. The van der Waals surface area contributed by atoms with Gasteiger partial charge in [0.1, 0.15) is 0 Å². The minimum atomic E-state index is 0.868. The van der Waals surface area contributed by atoms with Crippen LogP contribution in [0.4, 0.5) is 0 Å². The Bertz CT molecular complexity index is 328. The second kappa shape index (κ2) is 8.84. The van der Waals surface area contributed by atoms with Crippen molar-refractivity contribution < 1.29 is 0 Å². The maximum Gasteiger partial charge on any atom is 0.0462 e. The van der Waals surface area contributed by atoms with Crippen molar-refractivity contribution >= 4 is 23.4 Å². The van der Waals surface area contributed by atoms with Crippen molar-refractivity contribution in [3.05, 3.63) is 28.8 Å². The van der Waals surface area contributed by atoms with Gasteiger partial charge in [-0.3, -0.25) is 0 Å². The van der Waals surface area contributed by atoms with E-state index in [9.17, 15) is 0 Å². The summed E-state index contributed by atoms with van der Waals surface area (Å²) in [7, 11) is 0. The maximum atomic E-state index is 6.27. The second-order valence-electron chi connectivity index (χ2n) is 4.13. The molecule has 0 heterocycles. The van der Waals surface area contributed by atoms with Crippen LogP contribution in [-0.2, 0) is 6.54 Å². The molecule has 0 aliphatic heterocycles. The van der Waals surface area contributed by atoms with E-state index in [1.165, 1.54) is 29.1 Å². The van der Waals surface area contributed by atoms with Gasteiger partial charge in [-0.15, -0.1) is 11.8 Å². The third-order valence-corrected chi connectivity index (χ3v) is 3.97. The Morgan fingerprint density at radius 1 is 1.24 bits per heavy atom. The molecule has 1 rings (SSSR count). The molecule has 1 N–H and O–H groups in total. The summed E-state index contributed by atoms with van der Waals surface area (Å²) < 4.78 is 0. The number of hydrogen-bond acceptors (Lipinski definition) is 2. The summed E-state index contributed by atoms with van der Waals surface area (Å²) in [4.78, 5) is 1.28. The van der Waals surface area contributed by atoms with Crippen LogP contribution in [0.15, 0.2) is 23.1 Å². The first-order chi connectivity index (χ1) is 8.27. The van der Waals surface area contributed by atoms with Crippen molar-refractivity contribution in [1.29, 1.82) is 0 Å². The Morgan fingerprint density at radius 3 is 2.71 bits per heavy atom. The van der Waals surface area contributed by atoms with Crippen molar-refractivity contribution in [2.24, 2.45) is 0 Å². The normalized spacial score (nSPS) is 10.8. The van der Waals surface area contributed by atoms with Crippen molar-refractivity contribution in [3.8, 4) is 0 Å². The van der Waals surface area contributed by atoms with Crippen molar-refractivity contribution in [2.75, 3.05) is 12.3 Å². The van der Waals surface area contributed by atoms with Gasteiger partial charge in [0.05, 0.1) is 0 Å².